The second-order valence-corrected chi connectivity index (χ2v) is 5.46. The Morgan fingerprint density at radius 3 is 2.44 bits per heavy atom. The van der Waals surface area contributed by atoms with E-state index < -0.39 is 0 Å². The van der Waals surface area contributed by atoms with Crippen LogP contribution in [0.15, 0.2) is 0 Å². The minimum Gasteiger partial charge on any atom is -0.334 e. The number of carbonyl (C=O) groups is 1. The van der Waals surface area contributed by atoms with E-state index in [1.54, 1.807) is 0 Å². The molecule has 0 spiro atoms. The smallest absolute Gasteiger partial charge is 0.317 e. The summed E-state index contributed by atoms with van der Waals surface area (Å²) in [4.78, 5) is 13.9. The van der Waals surface area contributed by atoms with Crippen molar-refractivity contribution in [3.63, 3.8) is 0 Å². The molecular weight excluding hydrogens is 224 g/mol. The van der Waals surface area contributed by atoms with Gasteiger partial charge in [0.2, 0.25) is 0 Å². The van der Waals surface area contributed by atoms with Gasteiger partial charge in [-0.2, -0.15) is 0 Å². The van der Waals surface area contributed by atoms with Crippen LogP contribution in [-0.2, 0) is 0 Å². The van der Waals surface area contributed by atoms with Crippen LogP contribution >= 0.6 is 11.6 Å². The Labute approximate surface area is 103 Å². The molecule has 0 bridgehead atoms. The third-order valence-corrected chi connectivity index (χ3v) is 4.16. The van der Waals surface area contributed by atoms with E-state index in [1.807, 2.05) is 4.90 Å². The Kier molecular flexibility index (Phi) is 4.33. The van der Waals surface area contributed by atoms with E-state index in [2.05, 4.69) is 5.32 Å². The molecule has 1 saturated heterocycles. The molecule has 0 aromatic rings. The number of amides is 2. The largest absolute Gasteiger partial charge is 0.334 e. The van der Waals surface area contributed by atoms with Gasteiger partial charge in [0.15, 0.2) is 0 Å². The lowest BCUT2D eigenvalue weighted by Crippen LogP contribution is -2.50. The second-order valence-electron chi connectivity index (χ2n) is 4.90. The fourth-order valence-electron chi connectivity index (χ4n) is 2.60. The summed E-state index contributed by atoms with van der Waals surface area (Å²) in [5.41, 5.74) is 0. The normalized spacial score (nSPS) is 31.2. The van der Waals surface area contributed by atoms with E-state index >= 15 is 0 Å². The molecule has 0 aromatic carbocycles. The average molecular weight is 245 g/mol. The fraction of sp³-hybridized carbons (Fsp3) is 0.917. The summed E-state index contributed by atoms with van der Waals surface area (Å²) < 4.78 is 0. The SMILES string of the molecule is O=C(NC1CCCC[C@@H]1Cl)N1CCCCC1. The zero-order chi connectivity index (χ0) is 11.4. The van der Waals surface area contributed by atoms with Gasteiger partial charge in [-0.15, -0.1) is 11.6 Å². The number of rotatable bonds is 1. The van der Waals surface area contributed by atoms with Gasteiger partial charge in [-0.3, -0.25) is 0 Å². The van der Waals surface area contributed by atoms with Gasteiger partial charge in [-0.25, -0.2) is 4.79 Å². The number of carbonyl (C=O) groups excluding carboxylic acids is 1. The first kappa shape index (κ1) is 12.0. The van der Waals surface area contributed by atoms with E-state index in [9.17, 15) is 4.79 Å². The van der Waals surface area contributed by atoms with Crippen LogP contribution in [0, 0.1) is 0 Å². The van der Waals surface area contributed by atoms with Gasteiger partial charge in [-0.05, 0) is 32.1 Å². The molecule has 1 N–H and O–H groups in total. The maximum Gasteiger partial charge on any atom is 0.317 e. The molecule has 1 unspecified atom stereocenters. The number of urea groups is 1. The summed E-state index contributed by atoms with van der Waals surface area (Å²) in [6.45, 7) is 1.82. The summed E-state index contributed by atoms with van der Waals surface area (Å²) in [7, 11) is 0. The van der Waals surface area contributed by atoms with Gasteiger partial charge in [0.25, 0.3) is 0 Å². The minimum atomic E-state index is 0.0947. The first-order chi connectivity index (χ1) is 7.77. The fourth-order valence-corrected chi connectivity index (χ4v) is 2.94. The van der Waals surface area contributed by atoms with Crippen LogP contribution < -0.4 is 5.32 Å². The molecule has 2 rings (SSSR count). The van der Waals surface area contributed by atoms with Gasteiger partial charge >= 0.3 is 6.03 Å². The second kappa shape index (κ2) is 5.76. The van der Waals surface area contributed by atoms with Gasteiger partial charge in [-0.1, -0.05) is 12.8 Å². The highest BCUT2D eigenvalue weighted by molar-refractivity contribution is 6.21. The average Bonchev–Trinajstić information content (AvgIpc) is 2.33. The molecule has 2 atom stereocenters. The number of likely N-dealkylation sites (tertiary alicyclic amines) is 1. The number of halogens is 1. The van der Waals surface area contributed by atoms with Crippen molar-refractivity contribution in [3.8, 4) is 0 Å². The number of hydrogen-bond donors (Lipinski definition) is 1. The van der Waals surface area contributed by atoms with Gasteiger partial charge in [0.05, 0.1) is 5.38 Å². The molecule has 2 amide bonds. The Hall–Kier alpha value is -0.440. The van der Waals surface area contributed by atoms with Crippen molar-refractivity contribution in [2.45, 2.75) is 56.4 Å². The molecule has 2 aliphatic rings. The molecule has 1 saturated carbocycles. The Balaban J connectivity index is 1.80. The lowest BCUT2D eigenvalue weighted by atomic mass is 9.95. The van der Waals surface area contributed by atoms with Crippen molar-refractivity contribution >= 4 is 17.6 Å². The van der Waals surface area contributed by atoms with Crippen LogP contribution in [0.5, 0.6) is 0 Å². The van der Waals surface area contributed by atoms with Crippen LogP contribution in [-0.4, -0.2) is 35.4 Å². The van der Waals surface area contributed by atoms with Crippen LogP contribution in [0.2, 0.25) is 0 Å². The zero-order valence-electron chi connectivity index (χ0n) is 9.75. The molecular formula is C12H21ClN2O. The van der Waals surface area contributed by atoms with E-state index in [0.717, 1.165) is 38.8 Å². The van der Waals surface area contributed by atoms with Crippen molar-refractivity contribution < 1.29 is 4.79 Å². The van der Waals surface area contributed by atoms with E-state index in [1.165, 1.54) is 19.3 Å². The lowest BCUT2D eigenvalue weighted by molar-refractivity contribution is 0.179. The third kappa shape index (κ3) is 3.03. The van der Waals surface area contributed by atoms with E-state index in [0.29, 0.717) is 0 Å². The summed E-state index contributed by atoms with van der Waals surface area (Å²) in [6, 6.07) is 0.280. The summed E-state index contributed by atoms with van der Waals surface area (Å²) in [5, 5.41) is 3.22. The van der Waals surface area contributed by atoms with Crippen LogP contribution in [0.25, 0.3) is 0 Å². The predicted molar refractivity (Wildman–Crippen MR) is 65.9 cm³/mol. The zero-order valence-corrected chi connectivity index (χ0v) is 10.5. The molecule has 0 radical (unpaired) electrons. The molecule has 16 heavy (non-hydrogen) atoms. The summed E-state index contributed by atoms with van der Waals surface area (Å²) in [5.74, 6) is 0. The third-order valence-electron chi connectivity index (χ3n) is 3.63. The van der Waals surface area contributed by atoms with Crippen molar-refractivity contribution in [3.05, 3.63) is 0 Å². The number of piperidine rings is 1. The predicted octanol–water partition coefficient (Wildman–Crippen LogP) is 2.73. The minimum absolute atomic E-state index is 0.0947. The quantitative estimate of drug-likeness (QED) is 0.707. The Morgan fingerprint density at radius 2 is 1.75 bits per heavy atom. The molecule has 2 fully saturated rings. The van der Waals surface area contributed by atoms with Crippen LogP contribution in [0.4, 0.5) is 4.79 Å². The number of alkyl halides is 1. The molecule has 92 valence electrons. The van der Waals surface area contributed by atoms with E-state index in [-0.39, 0.29) is 17.5 Å². The molecule has 1 aliphatic heterocycles. The van der Waals surface area contributed by atoms with Gasteiger partial charge in [0.1, 0.15) is 0 Å². The van der Waals surface area contributed by atoms with Crippen molar-refractivity contribution in [2.24, 2.45) is 0 Å². The Morgan fingerprint density at radius 1 is 1.06 bits per heavy atom. The van der Waals surface area contributed by atoms with Crippen molar-refractivity contribution in [1.82, 2.24) is 10.2 Å². The van der Waals surface area contributed by atoms with Gasteiger partial charge < -0.3 is 10.2 Å². The van der Waals surface area contributed by atoms with Crippen LogP contribution in [0.3, 0.4) is 0 Å². The first-order valence-electron chi connectivity index (χ1n) is 6.47. The lowest BCUT2D eigenvalue weighted by Gasteiger charge is -2.32. The summed E-state index contributed by atoms with van der Waals surface area (Å²) in [6.07, 6.45) is 7.99. The molecule has 3 nitrogen and oxygen atoms in total. The van der Waals surface area contributed by atoms with Crippen LogP contribution in [0.1, 0.15) is 44.9 Å². The molecule has 4 heteroatoms. The highest BCUT2D eigenvalue weighted by atomic mass is 35.5. The number of nitrogens with zero attached hydrogens (tertiary/aromatic N) is 1. The molecule has 1 aliphatic carbocycles. The summed E-state index contributed by atoms with van der Waals surface area (Å²) >= 11 is 6.23. The van der Waals surface area contributed by atoms with Crippen molar-refractivity contribution in [2.75, 3.05) is 13.1 Å². The maximum atomic E-state index is 12.0. The Bertz CT molecular complexity index is 241. The standard InChI is InChI=1S/C12H21ClN2O/c13-10-6-2-3-7-11(10)14-12(16)15-8-4-1-5-9-15/h10-11H,1-9H2,(H,14,16)/t10-,11?/m0/s1. The number of nitrogens with one attached hydrogen (secondary N) is 1. The molecule has 0 aromatic heterocycles. The number of hydrogen-bond acceptors (Lipinski definition) is 1. The highest BCUT2D eigenvalue weighted by Gasteiger charge is 2.26. The van der Waals surface area contributed by atoms with Gasteiger partial charge in [0, 0.05) is 19.1 Å². The van der Waals surface area contributed by atoms with Crippen molar-refractivity contribution in [1.29, 1.82) is 0 Å². The maximum absolute atomic E-state index is 12.0. The molecule has 1 heterocycles. The monoisotopic (exact) mass is 244 g/mol. The first-order valence-corrected chi connectivity index (χ1v) is 6.90. The van der Waals surface area contributed by atoms with E-state index in [4.69, 9.17) is 11.6 Å². The highest BCUT2D eigenvalue weighted by Crippen LogP contribution is 2.23. The topological polar surface area (TPSA) is 32.3 Å².